The normalized spacial score (nSPS) is 11.4. The van der Waals surface area contributed by atoms with E-state index in [1.165, 1.54) is 11.1 Å². The third kappa shape index (κ3) is 4.17. The number of fused-ring (bicyclic) bond motifs is 1. The molecular formula is C12H19N5O4. The van der Waals surface area contributed by atoms with Crippen molar-refractivity contribution in [3.63, 3.8) is 0 Å². The molecule has 0 aliphatic carbocycles. The predicted octanol–water partition coefficient (Wildman–Crippen LogP) is -0.0804. The summed E-state index contributed by atoms with van der Waals surface area (Å²) in [5.74, 6) is 0.0204. The molecule has 0 amide bonds. The average Bonchev–Trinajstić information content (AvgIpc) is 2.80. The molecule has 9 heteroatoms. The second-order valence-corrected chi connectivity index (χ2v) is 4.62. The molecule has 2 aromatic heterocycles. The number of hydrogen-bond donors (Lipinski definition) is 2. The molecule has 0 fully saturated rings. The topological polar surface area (TPSA) is 117 Å². The smallest absolute Gasteiger partial charge is 0.280 e. The lowest BCUT2D eigenvalue weighted by molar-refractivity contribution is -0.0817. The number of aromatic amines is 1. The van der Waals surface area contributed by atoms with Gasteiger partial charge in [-0.25, -0.2) is 4.98 Å². The first-order valence-electron chi connectivity index (χ1n) is 6.63. The monoisotopic (exact) mass is 297 g/mol. The fourth-order valence-electron chi connectivity index (χ4n) is 1.57. The van der Waals surface area contributed by atoms with Crippen LogP contribution in [0.25, 0.3) is 11.2 Å². The number of H-pyrrole nitrogens is 1. The van der Waals surface area contributed by atoms with Crippen LogP contribution in [0.5, 0.6) is 0 Å². The standard InChI is InChI=1S/C12H19N5O4/c1-8(2)20-7-19-4-3-5-21-17-6-14-9-10(17)15-12(13)16-11(9)18/h6,8H,3-5,7H2,1-2H3,(H3,13,15,16,18). The predicted molar refractivity (Wildman–Crippen MR) is 75.7 cm³/mol. The molecule has 0 bridgehead atoms. The van der Waals surface area contributed by atoms with E-state index in [0.717, 1.165) is 0 Å². The summed E-state index contributed by atoms with van der Waals surface area (Å²) in [5.41, 5.74) is 5.57. The first kappa shape index (κ1) is 15.3. The molecule has 0 spiro atoms. The molecule has 0 atom stereocenters. The number of aromatic nitrogens is 4. The van der Waals surface area contributed by atoms with Crippen LogP contribution in [0.3, 0.4) is 0 Å². The van der Waals surface area contributed by atoms with Crippen molar-refractivity contribution in [2.75, 3.05) is 25.7 Å². The van der Waals surface area contributed by atoms with Gasteiger partial charge in [0.15, 0.2) is 5.52 Å². The van der Waals surface area contributed by atoms with E-state index in [1.807, 2.05) is 13.8 Å². The number of nitrogens with zero attached hydrogens (tertiary/aromatic N) is 3. The molecule has 0 saturated carbocycles. The third-order valence-corrected chi connectivity index (χ3v) is 2.54. The van der Waals surface area contributed by atoms with Crippen LogP contribution in [0.2, 0.25) is 0 Å². The van der Waals surface area contributed by atoms with Crippen molar-refractivity contribution in [1.29, 1.82) is 0 Å². The zero-order chi connectivity index (χ0) is 15.2. The van der Waals surface area contributed by atoms with E-state index < -0.39 is 5.56 Å². The first-order chi connectivity index (χ1) is 10.1. The van der Waals surface area contributed by atoms with Crippen LogP contribution in [0.4, 0.5) is 5.95 Å². The van der Waals surface area contributed by atoms with Gasteiger partial charge in [0, 0.05) is 6.42 Å². The van der Waals surface area contributed by atoms with Gasteiger partial charge in [-0.3, -0.25) is 9.78 Å². The van der Waals surface area contributed by atoms with Crippen LogP contribution in [0.1, 0.15) is 20.3 Å². The Morgan fingerprint density at radius 3 is 3.00 bits per heavy atom. The SMILES string of the molecule is CC(C)OCOCCCOn1cnc2c(=O)[nH]c(N)nc21. The van der Waals surface area contributed by atoms with Gasteiger partial charge >= 0.3 is 0 Å². The van der Waals surface area contributed by atoms with E-state index in [1.54, 1.807) is 0 Å². The molecule has 116 valence electrons. The molecule has 3 N–H and O–H groups in total. The van der Waals surface area contributed by atoms with Gasteiger partial charge in [-0.05, 0) is 13.8 Å². The molecule has 2 aromatic rings. The van der Waals surface area contributed by atoms with Crippen LogP contribution in [0.15, 0.2) is 11.1 Å². The molecule has 0 radical (unpaired) electrons. The first-order valence-corrected chi connectivity index (χ1v) is 6.63. The number of anilines is 1. The summed E-state index contributed by atoms with van der Waals surface area (Å²) in [6.07, 6.45) is 2.20. The summed E-state index contributed by atoms with van der Waals surface area (Å²) in [7, 11) is 0. The lowest BCUT2D eigenvalue weighted by atomic mass is 10.5. The number of rotatable bonds is 8. The van der Waals surface area contributed by atoms with Crippen LogP contribution in [0, 0.1) is 0 Å². The van der Waals surface area contributed by atoms with Crippen molar-refractivity contribution >= 4 is 17.1 Å². The second kappa shape index (κ2) is 7.04. The fourth-order valence-corrected chi connectivity index (χ4v) is 1.57. The van der Waals surface area contributed by atoms with Crippen LogP contribution < -0.4 is 16.1 Å². The summed E-state index contributed by atoms with van der Waals surface area (Å²) in [6, 6.07) is 0. The lowest BCUT2D eigenvalue weighted by Gasteiger charge is -2.09. The number of nitrogens with two attached hydrogens (primary N) is 1. The second-order valence-electron chi connectivity index (χ2n) is 4.62. The van der Waals surface area contributed by atoms with Crippen molar-refractivity contribution in [2.24, 2.45) is 0 Å². The summed E-state index contributed by atoms with van der Waals surface area (Å²) in [5, 5.41) is 0. The average molecular weight is 297 g/mol. The summed E-state index contributed by atoms with van der Waals surface area (Å²) < 4.78 is 11.8. The number of imidazole rings is 1. The highest BCUT2D eigenvalue weighted by Gasteiger charge is 2.09. The van der Waals surface area contributed by atoms with Gasteiger partial charge in [-0.1, -0.05) is 0 Å². The van der Waals surface area contributed by atoms with Crippen molar-refractivity contribution in [3.8, 4) is 0 Å². The van der Waals surface area contributed by atoms with E-state index >= 15 is 0 Å². The van der Waals surface area contributed by atoms with E-state index in [9.17, 15) is 4.79 Å². The summed E-state index contributed by atoms with van der Waals surface area (Å²) in [4.78, 5) is 27.3. The molecule has 2 heterocycles. The molecule has 0 saturated heterocycles. The Bertz CT molecular complexity index is 636. The number of nitrogens with one attached hydrogen (secondary N) is 1. The van der Waals surface area contributed by atoms with Crippen LogP contribution in [-0.4, -0.2) is 45.8 Å². The Morgan fingerprint density at radius 2 is 2.24 bits per heavy atom. The minimum absolute atomic E-state index is 0.0204. The van der Waals surface area contributed by atoms with Crippen molar-refractivity contribution < 1.29 is 14.3 Å². The molecule has 0 aliphatic heterocycles. The highest BCUT2D eigenvalue weighted by Crippen LogP contribution is 2.04. The van der Waals surface area contributed by atoms with Gasteiger partial charge in [0.2, 0.25) is 11.6 Å². The molecule has 21 heavy (non-hydrogen) atoms. The molecule has 0 aromatic carbocycles. The van der Waals surface area contributed by atoms with Gasteiger partial charge < -0.3 is 20.0 Å². The number of nitrogen functional groups attached to an aromatic ring is 1. The van der Waals surface area contributed by atoms with E-state index in [2.05, 4.69) is 15.0 Å². The van der Waals surface area contributed by atoms with Gasteiger partial charge in [0.05, 0.1) is 12.7 Å². The minimum atomic E-state index is -0.394. The molecule has 0 unspecified atom stereocenters. The lowest BCUT2D eigenvalue weighted by Crippen LogP contribution is -2.17. The molecule has 9 nitrogen and oxygen atoms in total. The summed E-state index contributed by atoms with van der Waals surface area (Å²) in [6.45, 7) is 5.05. The Morgan fingerprint density at radius 1 is 1.43 bits per heavy atom. The molecule has 2 rings (SSSR count). The summed E-state index contributed by atoms with van der Waals surface area (Å²) >= 11 is 0. The van der Waals surface area contributed by atoms with Gasteiger partial charge in [-0.15, -0.1) is 0 Å². The van der Waals surface area contributed by atoms with Crippen LogP contribution in [-0.2, 0) is 9.47 Å². The quantitative estimate of drug-likeness (QED) is 0.517. The maximum absolute atomic E-state index is 11.6. The minimum Gasteiger partial charge on any atom is -0.411 e. The maximum Gasteiger partial charge on any atom is 0.280 e. The zero-order valence-corrected chi connectivity index (χ0v) is 12.0. The van der Waals surface area contributed by atoms with E-state index in [-0.39, 0.29) is 24.4 Å². The highest BCUT2D eigenvalue weighted by molar-refractivity contribution is 5.69. The Labute approximate surface area is 121 Å². The van der Waals surface area contributed by atoms with Crippen molar-refractivity contribution in [2.45, 2.75) is 26.4 Å². The fraction of sp³-hybridized carbons (Fsp3) is 0.583. The number of ether oxygens (including phenoxy) is 2. The van der Waals surface area contributed by atoms with E-state index in [4.69, 9.17) is 20.0 Å². The largest absolute Gasteiger partial charge is 0.411 e. The number of hydrogen-bond acceptors (Lipinski definition) is 7. The Hall–Kier alpha value is -2.13. The molecular weight excluding hydrogens is 278 g/mol. The Balaban J connectivity index is 1.80. The molecule has 0 aliphatic rings. The van der Waals surface area contributed by atoms with Gasteiger partial charge in [0.1, 0.15) is 19.7 Å². The van der Waals surface area contributed by atoms with Crippen LogP contribution >= 0.6 is 0 Å². The third-order valence-electron chi connectivity index (χ3n) is 2.54. The Kier molecular flexibility index (Phi) is 5.12. The van der Waals surface area contributed by atoms with Gasteiger partial charge in [0.25, 0.3) is 5.56 Å². The van der Waals surface area contributed by atoms with Crippen molar-refractivity contribution in [1.82, 2.24) is 19.7 Å². The van der Waals surface area contributed by atoms with E-state index in [0.29, 0.717) is 25.3 Å². The maximum atomic E-state index is 11.6. The highest BCUT2D eigenvalue weighted by atomic mass is 16.7. The van der Waals surface area contributed by atoms with Crippen molar-refractivity contribution in [3.05, 3.63) is 16.7 Å². The van der Waals surface area contributed by atoms with Gasteiger partial charge in [-0.2, -0.15) is 9.71 Å². The zero-order valence-electron chi connectivity index (χ0n) is 12.0.